The highest BCUT2D eigenvalue weighted by molar-refractivity contribution is 8.18. The Morgan fingerprint density at radius 3 is 2.46 bits per heavy atom. The Morgan fingerprint density at radius 2 is 1.80 bits per heavy atom. The molecule has 11 heteroatoms. The number of likely N-dealkylation sites (N-methyl/N-ethyl adjacent to an activating group) is 1. The van der Waals surface area contributed by atoms with Gasteiger partial charge in [-0.3, -0.25) is 4.79 Å². The van der Waals surface area contributed by atoms with E-state index >= 15 is 0 Å². The van der Waals surface area contributed by atoms with Crippen molar-refractivity contribution in [2.75, 3.05) is 40.3 Å². The van der Waals surface area contributed by atoms with E-state index in [0.717, 1.165) is 38.3 Å². The SMILES string of the molecule is COc1cc(/C=C2/SC(N3CCN(C)CC3)=NC2=O)ccc1Oc1ccc(C#N)cc1C(F)(F)F. The molecule has 2 aliphatic heterocycles. The summed E-state index contributed by atoms with van der Waals surface area (Å²) < 4.78 is 51.3. The molecule has 0 aromatic heterocycles. The number of hydrogen-bond donors (Lipinski definition) is 0. The number of alkyl halides is 3. The van der Waals surface area contributed by atoms with Crippen LogP contribution in [0.25, 0.3) is 6.08 Å². The van der Waals surface area contributed by atoms with Crippen LogP contribution in [-0.4, -0.2) is 61.2 Å². The number of amides is 1. The van der Waals surface area contributed by atoms with Gasteiger partial charge in [0.1, 0.15) is 5.75 Å². The van der Waals surface area contributed by atoms with E-state index in [-0.39, 0.29) is 23.0 Å². The average Bonchev–Trinajstić information content (AvgIpc) is 3.19. The number of ether oxygens (including phenoxy) is 2. The van der Waals surface area contributed by atoms with Gasteiger partial charge in [0.25, 0.3) is 5.91 Å². The number of rotatable bonds is 4. The number of piperazine rings is 1. The lowest BCUT2D eigenvalue weighted by molar-refractivity contribution is -0.138. The first kappa shape index (κ1) is 24.6. The van der Waals surface area contributed by atoms with Crippen molar-refractivity contribution in [2.45, 2.75) is 6.18 Å². The van der Waals surface area contributed by atoms with Gasteiger partial charge in [0, 0.05) is 26.2 Å². The summed E-state index contributed by atoms with van der Waals surface area (Å²) in [5, 5.41) is 9.60. The highest BCUT2D eigenvalue weighted by atomic mass is 32.2. The molecule has 0 saturated carbocycles. The molecule has 1 fully saturated rings. The zero-order chi connectivity index (χ0) is 25.2. The van der Waals surface area contributed by atoms with E-state index in [2.05, 4.69) is 14.8 Å². The van der Waals surface area contributed by atoms with Gasteiger partial charge in [-0.2, -0.15) is 23.4 Å². The summed E-state index contributed by atoms with van der Waals surface area (Å²) in [6.07, 6.45) is -3.05. The summed E-state index contributed by atoms with van der Waals surface area (Å²) >= 11 is 1.30. The topological polar surface area (TPSA) is 78.2 Å². The second kappa shape index (κ2) is 10.0. The number of amidine groups is 1. The Hall–Kier alpha value is -3.49. The minimum Gasteiger partial charge on any atom is -0.493 e. The molecule has 35 heavy (non-hydrogen) atoms. The van der Waals surface area contributed by atoms with Crippen LogP contribution >= 0.6 is 11.8 Å². The highest BCUT2D eigenvalue weighted by Gasteiger charge is 2.35. The van der Waals surface area contributed by atoms with E-state index in [4.69, 9.17) is 14.7 Å². The predicted molar refractivity (Wildman–Crippen MR) is 126 cm³/mol. The first-order chi connectivity index (χ1) is 16.7. The summed E-state index contributed by atoms with van der Waals surface area (Å²) in [6, 6.07) is 9.43. The van der Waals surface area contributed by atoms with Crippen LogP contribution in [0.1, 0.15) is 16.7 Å². The molecule has 0 aliphatic carbocycles. The van der Waals surface area contributed by atoms with Crippen LogP contribution in [0.4, 0.5) is 13.2 Å². The molecule has 2 aromatic rings. The van der Waals surface area contributed by atoms with E-state index < -0.39 is 17.5 Å². The van der Waals surface area contributed by atoms with Crippen molar-refractivity contribution in [1.29, 1.82) is 5.26 Å². The molecule has 0 unspecified atom stereocenters. The summed E-state index contributed by atoms with van der Waals surface area (Å²) in [6.45, 7) is 3.36. The van der Waals surface area contributed by atoms with Gasteiger partial charge in [-0.25, -0.2) is 0 Å². The van der Waals surface area contributed by atoms with Crippen molar-refractivity contribution in [2.24, 2.45) is 4.99 Å². The van der Waals surface area contributed by atoms with Gasteiger partial charge in [0.05, 0.1) is 29.2 Å². The maximum atomic E-state index is 13.5. The zero-order valence-corrected chi connectivity index (χ0v) is 19.7. The van der Waals surface area contributed by atoms with Gasteiger partial charge in [0.15, 0.2) is 16.7 Å². The van der Waals surface area contributed by atoms with E-state index in [1.807, 2.05) is 7.05 Å². The third-order valence-corrected chi connectivity index (χ3v) is 6.55. The van der Waals surface area contributed by atoms with Crippen molar-refractivity contribution in [3.05, 3.63) is 58.0 Å². The lowest BCUT2D eigenvalue weighted by Gasteiger charge is -2.32. The number of halogens is 3. The van der Waals surface area contributed by atoms with Crippen molar-refractivity contribution in [3.63, 3.8) is 0 Å². The Labute approximate surface area is 204 Å². The first-order valence-electron chi connectivity index (χ1n) is 10.6. The molecule has 1 saturated heterocycles. The van der Waals surface area contributed by atoms with Crippen LogP contribution in [0.2, 0.25) is 0 Å². The van der Waals surface area contributed by atoms with E-state index in [1.165, 1.54) is 31.0 Å². The van der Waals surface area contributed by atoms with Gasteiger partial charge in [-0.1, -0.05) is 6.07 Å². The van der Waals surface area contributed by atoms with Gasteiger partial charge >= 0.3 is 6.18 Å². The molecule has 4 rings (SSSR count). The number of benzene rings is 2. The third-order valence-electron chi connectivity index (χ3n) is 5.50. The fraction of sp³-hybridized carbons (Fsp3) is 0.292. The predicted octanol–water partition coefficient (Wildman–Crippen LogP) is 4.60. The monoisotopic (exact) mass is 502 g/mol. The van der Waals surface area contributed by atoms with E-state index in [0.29, 0.717) is 15.6 Å². The highest BCUT2D eigenvalue weighted by Crippen LogP contribution is 2.41. The molecule has 2 heterocycles. The maximum absolute atomic E-state index is 13.5. The summed E-state index contributed by atoms with van der Waals surface area (Å²) in [5.41, 5.74) is -0.586. The van der Waals surface area contributed by atoms with Crippen LogP contribution in [0.3, 0.4) is 0 Å². The second-order valence-corrected chi connectivity index (χ2v) is 8.94. The molecule has 2 aliphatic rings. The van der Waals surface area contributed by atoms with Crippen molar-refractivity contribution >= 4 is 28.9 Å². The number of methoxy groups -OCH3 is 1. The number of carbonyl (C=O) groups is 1. The van der Waals surface area contributed by atoms with Crippen LogP contribution in [0.5, 0.6) is 17.2 Å². The van der Waals surface area contributed by atoms with E-state index in [1.54, 1.807) is 24.3 Å². The molecule has 0 atom stereocenters. The minimum absolute atomic E-state index is 0.0598. The summed E-state index contributed by atoms with van der Waals surface area (Å²) in [5.74, 6) is -0.541. The first-order valence-corrected chi connectivity index (χ1v) is 11.4. The minimum atomic E-state index is -4.71. The summed E-state index contributed by atoms with van der Waals surface area (Å²) in [4.78, 5) is 21.3. The number of thioether (sulfide) groups is 1. The molecule has 0 spiro atoms. The maximum Gasteiger partial charge on any atom is 0.420 e. The molecular formula is C24H21F3N4O3S. The Kier molecular flexibility index (Phi) is 7.05. The molecular weight excluding hydrogens is 481 g/mol. The molecule has 0 N–H and O–H groups in total. The third kappa shape index (κ3) is 5.61. The van der Waals surface area contributed by atoms with Crippen LogP contribution in [0, 0.1) is 11.3 Å². The quantitative estimate of drug-likeness (QED) is 0.566. The zero-order valence-electron chi connectivity index (χ0n) is 18.9. The molecule has 182 valence electrons. The fourth-order valence-electron chi connectivity index (χ4n) is 3.57. The Morgan fingerprint density at radius 1 is 1.09 bits per heavy atom. The normalized spacial score (nSPS) is 17.9. The van der Waals surface area contributed by atoms with Crippen molar-refractivity contribution < 1.29 is 27.4 Å². The van der Waals surface area contributed by atoms with Crippen molar-refractivity contribution in [3.8, 4) is 23.3 Å². The number of nitriles is 1. The smallest absolute Gasteiger partial charge is 0.420 e. The van der Waals surface area contributed by atoms with Gasteiger partial charge in [-0.05, 0) is 60.8 Å². The van der Waals surface area contributed by atoms with Gasteiger partial charge < -0.3 is 19.3 Å². The lowest BCUT2D eigenvalue weighted by Crippen LogP contribution is -2.46. The molecule has 2 aromatic carbocycles. The van der Waals surface area contributed by atoms with Crippen LogP contribution in [-0.2, 0) is 11.0 Å². The number of aliphatic imine (C=N–C) groups is 1. The molecule has 1 amide bonds. The Balaban J connectivity index is 1.55. The Bertz CT molecular complexity index is 1250. The van der Waals surface area contributed by atoms with Gasteiger partial charge in [-0.15, -0.1) is 0 Å². The number of nitrogens with zero attached hydrogens (tertiary/aromatic N) is 4. The van der Waals surface area contributed by atoms with Gasteiger partial charge in [0.2, 0.25) is 0 Å². The molecule has 0 bridgehead atoms. The second-order valence-electron chi connectivity index (χ2n) is 7.93. The molecule has 0 radical (unpaired) electrons. The summed E-state index contributed by atoms with van der Waals surface area (Å²) in [7, 11) is 3.41. The lowest BCUT2D eigenvalue weighted by atomic mass is 10.1. The van der Waals surface area contributed by atoms with Crippen molar-refractivity contribution in [1.82, 2.24) is 9.80 Å². The number of carbonyl (C=O) groups excluding carboxylic acids is 1. The number of hydrogen-bond acceptors (Lipinski definition) is 7. The van der Waals surface area contributed by atoms with Crippen LogP contribution in [0.15, 0.2) is 46.3 Å². The van der Waals surface area contributed by atoms with Crippen LogP contribution < -0.4 is 9.47 Å². The average molecular weight is 503 g/mol. The largest absolute Gasteiger partial charge is 0.493 e. The standard InChI is InChI=1S/C24H21F3N4O3S/c1-30-7-9-31(10-8-30)23-29-22(32)21(35-23)13-15-3-6-19(20(12-15)33-2)34-18-5-4-16(14-28)11-17(18)24(25,26)27/h3-6,11-13H,7-10H2,1-2H3/b21-13+. The molecule has 7 nitrogen and oxygen atoms in total. The fourth-order valence-corrected chi connectivity index (χ4v) is 4.53. The van der Waals surface area contributed by atoms with E-state index in [9.17, 15) is 18.0 Å².